The first kappa shape index (κ1) is 20.1. The average molecular weight is 391 g/mol. The van der Waals surface area contributed by atoms with Gasteiger partial charge in [-0.1, -0.05) is 11.6 Å². The van der Waals surface area contributed by atoms with E-state index < -0.39 is 14.6 Å². The zero-order valence-electron chi connectivity index (χ0n) is 15.2. The molecule has 0 amide bonds. The van der Waals surface area contributed by atoms with E-state index in [0.717, 1.165) is 5.69 Å². The van der Waals surface area contributed by atoms with Crippen LogP contribution in [0.2, 0.25) is 5.02 Å². The van der Waals surface area contributed by atoms with Crippen molar-refractivity contribution >= 4 is 27.4 Å². The van der Waals surface area contributed by atoms with E-state index in [4.69, 9.17) is 16.3 Å². The minimum atomic E-state index is -3.22. The molecule has 1 saturated heterocycles. The maximum atomic E-state index is 12.4. The third kappa shape index (κ3) is 4.68. The molecule has 0 aliphatic carbocycles. The van der Waals surface area contributed by atoms with E-state index in [1.54, 1.807) is 7.05 Å². The Kier molecular flexibility index (Phi) is 6.40. The van der Waals surface area contributed by atoms with Crippen LogP contribution in [0.25, 0.3) is 0 Å². The molecular formula is C16H27ClN4O3S. The van der Waals surface area contributed by atoms with Crippen molar-refractivity contribution in [2.75, 3.05) is 40.1 Å². The fourth-order valence-corrected chi connectivity index (χ4v) is 4.60. The van der Waals surface area contributed by atoms with E-state index in [1.807, 2.05) is 35.8 Å². The molecule has 0 atom stereocenters. The molecule has 0 unspecified atom stereocenters. The molecular weight excluding hydrogens is 364 g/mol. The first-order valence-electron chi connectivity index (χ1n) is 8.18. The van der Waals surface area contributed by atoms with E-state index in [2.05, 4.69) is 10.3 Å². The predicted molar refractivity (Wildman–Crippen MR) is 101 cm³/mol. The van der Waals surface area contributed by atoms with Gasteiger partial charge in [0.2, 0.25) is 0 Å². The van der Waals surface area contributed by atoms with E-state index in [-0.39, 0.29) is 0 Å². The van der Waals surface area contributed by atoms with Gasteiger partial charge in [-0.25, -0.2) is 8.42 Å². The fourth-order valence-electron chi connectivity index (χ4n) is 3.09. The number of sulfone groups is 1. The Morgan fingerprint density at radius 2 is 2.12 bits per heavy atom. The minimum absolute atomic E-state index is 0.320. The molecule has 0 spiro atoms. The molecule has 1 aromatic heterocycles. The molecule has 1 aliphatic heterocycles. The first-order valence-corrected chi connectivity index (χ1v) is 10.5. The molecule has 9 heteroatoms. The number of halogens is 1. The summed E-state index contributed by atoms with van der Waals surface area (Å²) in [5.41, 5.74) is 1.04. The normalized spacial score (nSPS) is 18.2. The maximum absolute atomic E-state index is 12.4. The molecule has 1 fully saturated rings. The van der Waals surface area contributed by atoms with Gasteiger partial charge in [-0.15, -0.1) is 0 Å². The van der Waals surface area contributed by atoms with Crippen molar-refractivity contribution in [3.8, 4) is 0 Å². The van der Waals surface area contributed by atoms with E-state index >= 15 is 0 Å². The van der Waals surface area contributed by atoms with Crippen molar-refractivity contribution in [2.24, 2.45) is 12.0 Å². The van der Waals surface area contributed by atoms with E-state index in [9.17, 15) is 8.42 Å². The second kappa shape index (κ2) is 7.97. The highest BCUT2D eigenvalue weighted by Crippen LogP contribution is 2.28. The molecule has 1 aliphatic rings. The van der Waals surface area contributed by atoms with Gasteiger partial charge in [0.1, 0.15) is 0 Å². The van der Waals surface area contributed by atoms with Crippen LogP contribution in [0.15, 0.2) is 17.3 Å². The number of guanidine groups is 1. The van der Waals surface area contributed by atoms with Crippen molar-refractivity contribution < 1.29 is 13.2 Å². The van der Waals surface area contributed by atoms with Gasteiger partial charge in [-0.2, -0.15) is 0 Å². The van der Waals surface area contributed by atoms with Crippen LogP contribution in [0, 0.1) is 0 Å². The quantitative estimate of drug-likeness (QED) is 0.605. The molecule has 0 aromatic carbocycles. The standard InChI is InChI=1S/C16H27ClN4O3S/c1-18-15(21(3)11-14-9-13(17)10-20(14)2)19-12-16(25(4,22)23)5-7-24-8-6-16/h9-10H,5-8,11-12H2,1-4H3,(H,18,19). The van der Waals surface area contributed by atoms with Crippen molar-refractivity contribution in [2.45, 2.75) is 24.1 Å². The van der Waals surface area contributed by atoms with Crippen molar-refractivity contribution in [3.63, 3.8) is 0 Å². The molecule has 1 N–H and O–H groups in total. The Balaban J connectivity index is 2.07. The molecule has 25 heavy (non-hydrogen) atoms. The summed E-state index contributed by atoms with van der Waals surface area (Å²) in [7, 11) is 2.32. The van der Waals surface area contributed by atoms with Crippen LogP contribution in [0.5, 0.6) is 0 Å². The van der Waals surface area contributed by atoms with Crippen LogP contribution < -0.4 is 5.32 Å². The van der Waals surface area contributed by atoms with Gasteiger partial charge in [-0.3, -0.25) is 4.99 Å². The average Bonchev–Trinajstić information content (AvgIpc) is 2.85. The predicted octanol–water partition coefficient (Wildman–Crippen LogP) is 1.28. The van der Waals surface area contributed by atoms with Crippen LogP contribution in [0.4, 0.5) is 0 Å². The summed E-state index contributed by atoms with van der Waals surface area (Å²) in [5, 5.41) is 3.92. The largest absolute Gasteiger partial charge is 0.381 e. The lowest BCUT2D eigenvalue weighted by Gasteiger charge is -2.36. The lowest BCUT2D eigenvalue weighted by Crippen LogP contribution is -2.53. The molecule has 1 aromatic rings. The smallest absolute Gasteiger partial charge is 0.193 e. The third-order valence-corrected chi connectivity index (χ3v) is 7.14. The summed E-state index contributed by atoms with van der Waals surface area (Å²) >= 11 is 6.03. The Morgan fingerprint density at radius 3 is 2.60 bits per heavy atom. The number of nitrogens with zero attached hydrogens (tertiary/aromatic N) is 3. The number of aryl methyl sites for hydroxylation is 1. The summed E-state index contributed by atoms with van der Waals surface area (Å²) in [6.45, 7) is 1.86. The highest BCUT2D eigenvalue weighted by Gasteiger charge is 2.42. The van der Waals surface area contributed by atoms with Gasteiger partial charge in [0.15, 0.2) is 15.8 Å². The molecule has 0 radical (unpaired) electrons. The van der Waals surface area contributed by atoms with Crippen LogP contribution in [-0.4, -0.2) is 68.7 Å². The van der Waals surface area contributed by atoms with Gasteiger partial charge in [-0.05, 0) is 18.9 Å². The van der Waals surface area contributed by atoms with E-state index in [1.165, 1.54) is 6.26 Å². The second-order valence-electron chi connectivity index (χ2n) is 6.58. The van der Waals surface area contributed by atoms with Crippen LogP contribution >= 0.6 is 11.6 Å². The monoisotopic (exact) mass is 390 g/mol. The summed E-state index contributed by atoms with van der Waals surface area (Å²) in [6.07, 6.45) is 4.14. The fraction of sp³-hybridized carbons (Fsp3) is 0.688. The molecule has 7 nitrogen and oxygen atoms in total. The van der Waals surface area contributed by atoms with Crippen molar-refractivity contribution in [1.82, 2.24) is 14.8 Å². The maximum Gasteiger partial charge on any atom is 0.193 e. The number of ether oxygens (including phenoxy) is 1. The highest BCUT2D eigenvalue weighted by atomic mass is 35.5. The van der Waals surface area contributed by atoms with Gasteiger partial charge < -0.3 is 19.5 Å². The lowest BCUT2D eigenvalue weighted by atomic mass is 9.99. The molecule has 2 heterocycles. The summed E-state index contributed by atoms with van der Waals surface area (Å²) < 4.78 is 31.2. The SMILES string of the molecule is CN=C(NCC1(S(C)(=O)=O)CCOCC1)N(C)Cc1cc(Cl)cn1C. The lowest BCUT2D eigenvalue weighted by molar-refractivity contribution is 0.0754. The Hall–Kier alpha value is -1.25. The Morgan fingerprint density at radius 1 is 1.48 bits per heavy atom. The van der Waals surface area contributed by atoms with Gasteiger partial charge in [0.05, 0.1) is 16.3 Å². The number of aromatic nitrogens is 1. The van der Waals surface area contributed by atoms with Crippen LogP contribution in [0.1, 0.15) is 18.5 Å². The first-order chi connectivity index (χ1) is 11.7. The number of hydrogen-bond donors (Lipinski definition) is 1. The zero-order valence-corrected chi connectivity index (χ0v) is 16.8. The zero-order chi connectivity index (χ0) is 18.7. The minimum Gasteiger partial charge on any atom is -0.381 e. The van der Waals surface area contributed by atoms with E-state index in [0.29, 0.717) is 50.1 Å². The van der Waals surface area contributed by atoms with Crippen LogP contribution in [-0.2, 0) is 28.2 Å². The molecule has 142 valence electrons. The molecule has 0 bridgehead atoms. The summed E-state index contributed by atoms with van der Waals surface area (Å²) in [5.74, 6) is 0.645. The topological polar surface area (TPSA) is 75.9 Å². The van der Waals surface area contributed by atoms with Crippen molar-refractivity contribution in [3.05, 3.63) is 23.0 Å². The van der Waals surface area contributed by atoms with Gasteiger partial charge >= 0.3 is 0 Å². The summed E-state index contributed by atoms with van der Waals surface area (Å²) in [4.78, 5) is 6.23. The van der Waals surface area contributed by atoms with Gasteiger partial charge in [0, 0.05) is 59.0 Å². The Labute approximate surface area is 154 Å². The number of nitrogens with one attached hydrogen (secondary N) is 1. The third-order valence-electron chi connectivity index (χ3n) is 4.81. The summed E-state index contributed by atoms with van der Waals surface area (Å²) in [6, 6.07) is 1.90. The number of aliphatic imine (C=N–C) groups is 1. The number of hydrogen-bond acceptors (Lipinski definition) is 4. The Bertz CT molecular complexity index is 724. The van der Waals surface area contributed by atoms with Crippen molar-refractivity contribution in [1.29, 1.82) is 0 Å². The molecule has 2 rings (SSSR count). The highest BCUT2D eigenvalue weighted by molar-refractivity contribution is 7.92. The molecule has 0 saturated carbocycles. The van der Waals surface area contributed by atoms with Gasteiger partial charge in [0.25, 0.3) is 0 Å². The number of rotatable bonds is 5. The van der Waals surface area contributed by atoms with Crippen LogP contribution in [0.3, 0.4) is 0 Å². The second-order valence-corrected chi connectivity index (χ2v) is 9.43.